The van der Waals surface area contributed by atoms with Crippen LogP contribution in [0.3, 0.4) is 0 Å². The fourth-order valence-electron chi connectivity index (χ4n) is 3.35. The van der Waals surface area contributed by atoms with Gasteiger partial charge in [0.15, 0.2) is 0 Å². The van der Waals surface area contributed by atoms with Gasteiger partial charge < -0.3 is 15.4 Å². The predicted octanol–water partition coefficient (Wildman–Crippen LogP) is 1.69. The van der Waals surface area contributed by atoms with E-state index in [2.05, 4.69) is 10.6 Å². The molecule has 1 aromatic carbocycles. The van der Waals surface area contributed by atoms with Crippen molar-refractivity contribution in [3.63, 3.8) is 0 Å². The largest absolute Gasteiger partial charge is 0.466 e. The van der Waals surface area contributed by atoms with Crippen LogP contribution in [-0.2, 0) is 19.1 Å². The minimum atomic E-state index is -0.686. The summed E-state index contributed by atoms with van der Waals surface area (Å²) in [5, 5.41) is 5.70. The highest BCUT2D eigenvalue weighted by Crippen LogP contribution is 2.22. The van der Waals surface area contributed by atoms with E-state index in [1.165, 1.54) is 0 Å². The Morgan fingerprint density at radius 1 is 1.26 bits per heavy atom. The minimum absolute atomic E-state index is 0.0475. The van der Waals surface area contributed by atoms with Crippen molar-refractivity contribution in [2.75, 3.05) is 31.6 Å². The van der Waals surface area contributed by atoms with Gasteiger partial charge >= 0.3 is 5.97 Å². The van der Waals surface area contributed by atoms with Crippen LogP contribution in [0.1, 0.15) is 36.5 Å². The van der Waals surface area contributed by atoms with E-state index in [4.69, 9.17) is 4.74 Å². The first kappa shape index (κ1) is 20.9. The molecule has 1 fully saturated rings. The summed E-state index contributed by atoms with van der Waals surface area (Å²) in [7, 11) is 0. The van der Waals surface area contributed by atoms with Gasteiger partial charge in [-0.1, -0.05) is 24.6 Å². The van der Waals surface area contributed by atoms with E-state index in [0.717, 1.165) is 28.8 Å². The van der Waals surface area contributed by atoms with Crippen LogP contribution in [0.15, 0.2) is 12.1 Å². The Balaban J connectivity index is 2.03. The normalized spacial score (nSPS) is 17.3. The number of hydrogen-bond donors (Lipinski definition) is 2. The second-order valence-electron chi connectivity index (χ2n) is 7.02. The highest BCUT2D eigenvalue weighted by Gasteiger charge is 2.33. The molecule has 0 aliphatic carbocycles. The Kier molecular flexibility index (Phi) is 7.36. The summed E-state index contributed by atoms with van der Waals surface area (Å²) >= 11 is 0. The molecule has 0 spiro atoms. The van der Waals surface area contributed by atoms with Crippen molar-refractivity contribution in [2.24, 2.45) is 0 Å². The zero-order valence-corrected chi connectivity index (χ0v) is 16.6. The molecule has 148 valence electrons. The van der Waals surface area contributed by atoms with Gasteiger partial charge in [0, 0.05) is 18.8 Å². The molecule has 2 N–H and O–H groups in total. The van der Waals surface area contributed by atoms with Gasteiger partial charge in [-0.15, -0.1) is 0 Å². The standard InChI is InChI=1S/C20H29N3O4/c1-5-8-27-18(25)11-16-20(26)21-6-7-23(16)12-17(24)22-19-14(3)9-13(2)10-15(19)4/h9-10,16H,5-8,11-12H2,1-4H3,(H,21,26)(H,22,24). The van der Waals surface area contributed by atoms with E-state index in [1.54, 1.807) is 4.90 Å². The van der Waals surface area contributed by atoms with Crippen LogP contribution in [0, 0.1) is 20.8 Å². The van der Waals surface area contributed by atoms with Crippen LogP contribution in [0.25, 0.3) is 0 Å². The quantitative estimate of drug-likeness (QED) is 0.708. The number of esters is 1. The van der Waals surface area contributed by atoms with Crippen LogP contribution in [0.5, 0.6) is 0 Å². The first-order valence-electron chi connectivity index (χ1n) is 9.37. The van der Waals surface area contributed by atoms with Crippen LogP contribution in [-0.4, -0.2) is 55.0 Å². The van der Waals surface area contributed by atoms with E-state index in [-0.39, 0.29) is 24.8 Å². The molecule has 1 aromatic rings. The maximum Gasteiger partial charge on any atom is 0.307 e. The number of carbonyl (C=O) groups is 3. The van der Waals surface area contributed by atoms with E-state index in [9.17, 15) is 14.4 Å². The van der Waals surface area contributed by atoms with Gasteiger partial charge in [0.1, 0.15) is 6.04 Å². The molecule has 0 aromatic heterocycles. The van der Waals surface area contributed by atoms with Gasteiger partial charge in [0.2, 0.25) is 11.8 Å². The highest BCUT2D eigenvalue weighted by molar-refractivity contribution is 5.95. The summed E-state index contributed by atoms with van der Waals surface area (Å²) in [4.78, 5) is 38.5. The van der Waals surface area contributed by atoms with Gasteiger partial charge in [0.25, 0.3) is 0 Å². The summed E-state index contributed by atoms with van der Waals surface area (Å²) in [6.07, 6.45) is 0.672. The molecule has 7 nitrogen and oxygen atoms in total. The van der Waals surface area contributed by atoms with E-state index in [1.807, 2.05) is 39.8 Å². The summed E-state index contributed by atoms with van der Waals surface area (Å²) in [6.45, 7) is 9.18. The average Bonchev–Trinajstić information content (AvgIpc) is 2.59. The number of ether oxygens (including phenoxy) is 1. The van der Waals surface area contributed by atoms with Crippen molar-refractivity contribution in [3.8, 4) is 0 Å². The zero-order valence-electron chi connectivity index (χ0n) is 16.6. The SMILES string of the molecule is CCCOC(=O)CC1C(=O)NCCN1CC(=O)Nc1c(C)cc(C)cc1C. The fourth-order valence-corrected chi connectivity index (χ4v) is 3.35. The number of hydrogen-bond acceptors (Lipinski definition) is 5. The molecular formula is C20H29N3O4. The lowest BCUT2D eigenvalue weighted by atomic mass is 10.0. The van der Waals surface area contributed by atoms with Crippen molar-refractivity contribution >= 4 is 23.5 Å². The average molecular weight is 375 g/mol. The van der Waals surface area contributed by atoms with Crippen molar-refractivity contribution in [2.45, 2.75) is 46.6 Å². The molecule has 1 saturated heterocycles. The number of benzene rings is 1. The van der Waals surface area contributed by atoms with Crippen LogP contribution in [0.2, 0.25) is 0 Å². The van der Waals surface area contributed by atoms with Crippen molar-refractivity contribution in [3.05, 3.63) is 28.8 Å². The van der Waals surface area contributed by atoms with Gasteiger partial charge in [-0.05, 0) is 38.3 Å². The second kappa shape index (κ2) is 9.50. The molecule has 1 aliphatic heterocycles. The molecule has 2 amide bonds. The van der Waals surface area contributed by atoms with Crippen molar-refractivity contribution < 1.29 is 19.1 Å². The molecule has 1 atom stereocenters. The number of nitrogens with zero attached hydrogens (tertiary/aromatic N) is 1. The number of amides is 2. The van der Waals surface area contributed by atoms with Crippen LogP contribution < -0.4 is 10.6 Å². The lowest BCUT2D eigenvalue weighted by molar-refractivity contribution is -0.148. The first-order chi connectivity index (χ1) is 12.8. The molecule has 0 radical (unpaired) electrons. The smallest absolute Gasteiger partial charge is 0.307 e. The third-order valence-corrected chi connectivity index (χ3v) is 4.56. The third-order valence-electron chi connectivity index (χ3n) is 4.56. The highest BCUT2D eigenvalue weighted by atomic mass is 16.5. The zero-order chi connectivity index (χ0) is 20.0. The Morgan fingerprint density at radius 2 is 1.93 bits per heavy atom. The molecule has 7 heteroatoms. The topological polar surface area (TPSA) is 87.7 Å². The number of nitrogens with one attached hydrogen (secondary N) is 2. The van der Waals surface area contributed by atoms with Gasteiger partial charge in [-0.25, -0.2) is 0 Å². The van der Waals surface area contributed by atoms with E-state index in [0.29, 0.717) is 19.7 Å². The maximum atomic E-state index is 12.6. The lowest BCUT2D eigenvalue weighted by Crippen LogP contribution is -2.57. The lowest BCUT2D eigenvalue weighted by Gasteiger charge is -2.34. The monoisotopic (exact) mass is 375 g/mol. The molecule has 1 unspecified atom stereocenters. The van der Waals surface area contributed by atoms with E-state index >= 15 is 0 Å². The number of rotatable bonds is 7. The fraction of sp³-hybridized carbons (Fsp3) is 0.550. The maximum absolute atomic E-state index is 12.6. The Morgan fingerprint density at radius 3 is 2.56 bits per heavy atom. The second-order valence-corrected chi connectivity index (χ2v) is 7.02. The number of aryl methyl sites for hydroxylation is 3. The molecule has 27 heavy (non-hydrogen) atoms. The predicted molar refractivity (Wildman–Crippen MR) is 104 cm³/mol. The molecule has 1 aliphatic rings. The Bertz CT molecular complexity index is 694. The third kappa shape index (κ3) is 5.79. The molecule has 0 bridgehead atoms. The number of anilines is 1. The van der Waals surface area contributed by atoms with Gasteiger partial charge in [0.05, 0.1) is 19.6 Å². The Hall–Kier alpha value is -2.41. The van der Waals surface area contributed by atoms with Crippen LogP contribution in [0.4, 0.5) is 5.69 Å². The van der Waals surface area contributed by atoms with E-state index < -0.39 is 12.0 Å². The summed E-state index contributed by atoms with van der Waals surface area (Å²) in [5.74, 6) is -0.869. The van der Waals surface area contributed by atoms with Gasteiger partial charge in [-0.2, -0.15) is 0 Å². The minimum Gasteiger partial charge on any atom is -0.466 e. The van der Waals surface area contributed by atoms with Crippen molar-refractivity contribution in [1.82, 2.24) is 10.2 Å². The summed E-state index contributed by atoms with van der Waals surface area (Å²) < 4.78 is 5.09. The molecular weight excluding hydrogens is 346 g/mol. The number of piperazine rings is 1. The molecule has 0 saturated carbocycles. The van der Waals surface area contributed by atoms with Crippen LogP contribution >= 0.6 is 0 Å². The molecule has 2 rings (SSSR count). The molecule has 1 heterocycles. The van der Waals surface area contributed by atoms with Crippen molar-refractivity contribution in [1.29, 1.82) is 0 Å². The number of carbonyl (C=O) groups excluding carboxylic acids is 3. The summed E-state index contributed by atoms with van der Waals surface area (Å²) in [6, 6.07) is 3.35. The Labute approximate surface area is 160 Å². The van der Waals surface area contributed by atoms with Gasteiger partial charge in [-0.3, -0.25) is 19.3 Å². The summed E-state index contributed by atoms with van der Waals surface area (Å²) in [5.41, 5.74) is 3.93. The first-order valence-corrected chi connectivity index (χ1v) is 9.37.